The first-order chi connectivity index (χ1) is 20.8. The van der Waals surface area contributed by atoms with Gasteiger partial charge >= 0.3 is 0 Å². The van der Waals surface area contributed by atoms with Crippen LogP contribution in [0.3, 0.4) is 0 Å². The summed E-state index contributed by atoms with van der Waals surface area (Å²) >= 11 is 0. The van der Waals surface area contributed by atoms with Crippen LogP contribution in [0, 0.1) is 18.6 Å². The van der Waals surface area contributed by atoms with Gasteiger partial charge in [0.1, 0.15) is 22.9 Å². The number of imidazole rings is 1. The molecule has 0 spiro atoms. The Labute approximate surface area is 226 Å². The van der Waals surface area contributed by atoms with E-state index >= 15 is 4.39 Å². The highest BCUT2D eigenvalue weighted by atomic mass is 19.1. The van der Waals surface area contributed by atoms with Crippen LogP contribution in [0.25, 0.3) is 22.3 Å². The van der Waals surface area contributed by atoms with E-state index in [1.807, 2.05) is 18.4 Å². The number of fused-ring (bicyclic) bond motifs is 1. The van der Waals surface area contributed by atoms with Gasteiger partial charge in [-0.25, -0.2) is 28.7 Å². The van der Waals surface area contributed by atoms with Crippen LogP contribution in [0.4, 0.5) is 20.5 Å². The monoisotopic (exact) mass is 514 g/mol. The minimum atomic E-state index is -2.92. The molecule has 0 unspecified atom stereocenters. The number of anilines is 2. The van der Waals surface area contributed by atoms with Crippen LogP contribution in [0.1, 0.15) is 49.2 Å². The summed E-state index contributed by atoms with van der Waals surface area (Å²) in [5.41, 5.74) is 0.959. The van der Waals surface area contributed by atoms with Crippen molar-refractivity contribution in [1.82, 2.24) is 34.3 Å². The number of aromatic nitrogens is 5. The molecule has 1 fully saturated rings. The SMILES string of the molecule is [2H]C1([2H])N(CC)C([2H])([2H])C([2H])([2H])N(Cc2ccc(Nc3ncc(F)c(-c4cc(F)c5nc(C)n(C(C)C)c5c4)n3)nc2)C1([2H])[2H]. The van der Waals surface area contributed by atoms with E-state index in [-0.39, 0.29) is 46.7 Å². The smallest absolute Gasteiger partial charge is 0.229 e. The Morgan fingerprint density at radius 1 is 1.00 bits per heavy atom. The van der Waals surface area contributed by atoms with E-state index in [2.05, 4.69) is 25.3 Å². The Bertz CT molecular complexity index is 1720. The van der Waals surface area contributed by atoms with Gasteiger partial charge in [-0.05, 0) is 51.1 Å². The molecule has 1 aliphatic heterocycles. The summed E-state index contributed by atoms with van der Waals surface area (Å²) in [5, 5.41) is 2.83. The number of hydrogen-bond acceptors (Lipinski definition) is 7. The third-order valence-electron chi connectivity index (χ3n) is 5.82. The highest BCUT2D eigenvalue weighted by Gasteiger charge is 2.19. The van der Waals surface area contributed by atoms with Gasteiger partial charge in [-0.1, -0.05) is 13.0 Å². The minimum absolute atomic E-state index is 0.0209. The lowest BCUT2D eigenvalue weighted by atomic mass is 10.1. The zero-order valence-electron chi connectivity index (χ0n) is 28.8. The molecule has 1 saturated heterocycles. The van der Waals surface area contributed by atoms with E-state index in [1.54, 1.807) is 13.0 Å². The summed E-state index contributed by atoms with van der Waals surface area (Å²) < 4.78 is 98.9. The largest absolute Gasteiger partial charge is 0.326 e. The van der Waals surface area contributed by atoms with E-state index in [4.69, 9.17) is 11.0 Å². The quantitative estimate of drug-likeness (QED) is 0.375. The third-order valence-corrected chi connectivity index (χ3v) is 5.82. The molecule has 37 heavy (non-hydrogen) atoms. The molecule has 3 aromatic heterocycles. The van der Waals surface area contributed by atoms with Crippen molar-refractivity contribution in [2.24, 2.45) is 0 Å². The first-order valence-corrected chi connectivity index (χ1v) is 11.8. The lowest BCUT2D eigenvalue weighted by molar-refractivity contribution is 0.132. The molecule has 10 heteroatoms. The van der Waals surface area contributed by atoms with Crippen molar-refractivity contribution in [1.29, 1.82) is 0 Å². The van der Waals surface area contributed by atoms with E-state index in [9.17, 15) is 4.39 Å². The van der Waals surface area contributed by atoms with Gasteiger partial charge in [0.05, 0.1) is 11.7 Å². The molecule has 4 aromatic rings. The maximum atomic E-state index is 15.0. The molecule has 0 radical (unpaired) electrons. The van der Waals surface area contributed by atoms with Crippen molar-refractivity contribution in [2.75, 3.05) is 37.8 Å². The number of likely N-dealkylation sites (N-methyl/N-ethyl adjacent to an activating group) is 1. The maximum Gasteiger partial charge on any atom is 0.229 e. The second-order valence-electron chi connectivity index (χ2n) is 8.79. The summed E-state index contributed by atoms with van der Waals surface area (Å²) in [6.07, 6.45) is 2.23. The lowest BCUT2D eigenvalue weighted by Crippen LogP contribution is -2.45. The fraction of sp³-hybridized carbons (Fsp3) is 0.407. The van der Waals surface area contributed by atoms with Crippen molar-refractivity contribution < 1.29 is 19.7 Å². The Hall–Kier alpha value is -3.50. The molecule has 0 bridgehead atoms. The zero-order chi connectivity index (χ0) is 33.3. The van der Waals surface area contributed by atoms with Crippen LogP contribution in [0.15, 0.2) is 36.7 Å². The van der Waals surface area contributed by atoms with Gasteiger partial charge in [0, 0.05) is 61.3 Å². The number of halogens is 2. The van der Waals surface area contributed by atoms with Gasteiger partial charge in [-0.2, -0.15) is 0 Å². The number of hydrogen-bond donors (Lipinski definition) is 1. The molecule has 4 heterocycles. The molecule has 5 rings (SSSR count). The first kappa shape index (κ1) is 17.1. The molecular weight excluding hydrogens is 474 g/mol. The Morgan fingerprint density at radius 3 is 2.43 bits per heavy atom. The van der Waals surface area contributed by atoms with Crippen molar-refractivity contribution >= 4 is 22.8 Å². The number of piperazine rings is 1. The van der Waals surface area contributed by atoms with E-state index in [0.717, 1.165) is 12.3 Å². The van der Waals surface area contributed by atoms with Crippen LogP contribution >= 0.6 is 0 Å². The highest BCUT2D eigenvalue weighted by molar-refractivity contribution is 5.83. The van der Waals surface area contributed by atoms with Crippen molar-refractivity contribution in [3.63, 3.8) is 0 Å². The fourth-order valence-corrected chi connectivity index (χ4v) is 4.11. The molecular formula is C27H32F2N8. The predicted molar refractivity (Wildman–Crippen MR) is 141 cm³/mol. The predicted octanol–water partition coefficient (Wildman–Crippen LogP) is 4.94. The molecule has 0 atom stereocenters. The number of pyridine rings is 1. The van der Waals surface area contributed by atoms with Crippen LogP contribution in [0.2, 0.25) is 0 Å². The average Bonchev–Trinajstić information content (AvgIpc) is 3.29. The number of nitrogens with zero attached hydrogens (tertiary/aromatic N) is 7. The van der Waals surface area contributed by atoms with Crippen molar-refractivity contribution in [3.8, 4) is 11.3 Å². The van der Waals surface area contributed by atoms with Crippen LogP contribution in [-0.4, -0.2) is 66.8 Å². The number of rotatable bonds is 7. The Kier molecular flexibility index (Phi) is 4.84. The maximum absolute atomic E-state index is 15.0. The fourth-order valence-electron chi connectivity index (χ4n) is 4.11. The van der Waals surface area contributed by atoms with E-state index < -0.39 is 44.2 Å². The first-order valence-electron chi connectivity index (χ1n) is 15.8. The number of benzene rings is 1. The van der Waals surface area contributed by atoms with Gasteiger partial charge in [0.25, 0.3) is 0 Å². The molecule has 0 amide bonds. The minimum Gasteiger partial charge on any atom is -0.326 e. The van der Waals surface area contributed by atoms with Crippen molar-refractivity contribution in [2.45, 2.75) is 40.3 Å². The van der Waals surface area contributed by atoms with Gasteiger partial charge < -0.3 is 14.8 Å². The summed E-state index contributed by atoms with van der Waals surface area (Å²) in [6, 6.07) is 5.68. The summed E-state index contributed by atoms with van der Waals surface area (Å²) in [4.78, 5) is 17.8. The molecule has 1 aromatic carbocycles. The van der Waals surface area contributed by atoms with Crippen LogP contribution in [0.5, 0.6) is 0 Å². The Morgan fingerprint density at radius 2 is 1.76 bits per heavy atom. The standard InChI is InChI=1S/C27H32F2N8/c1-5-35-8-10-36(11-9-35)16-19-6-7-24(30-14-19)33-27-31-15-22(29)25(34-27)20-12-21(28)26-23(13-20)37(17(2)3)18(4)32-26/h6-7,12-15,17H,5,8-11,16H2,1-4H3,(H,30,31,33,34)/i8D2,9D2,10D2,11D2. The molecule has 0 aliphatic carbocycles. The summed E-state index contributed by atoms with van der Waals surface area (Å²) in [6.45, 7) is -5.24. The third kappa shape index (κ3) is 5.30. The highest BCUT2D eigenvalue weighted by Crippen LogP contribution is 2.30. The molecule has 1 N–H and O–H groups in total. The molecule has 8 nitrogen and oxygen atoms in total. The average molecular weight is 515 g/mol. The molecule has 0 saturated carbocycles. The van der Waals surface area contributed by atoms with Crippen LogP contribution in [-0.2, 0) is 6.54 Å². The zero-order valence-corrected chi connectivity index (χ0v) is 20.8. The van der Waals surface area contributed by atoms with E-state index in [1.165, 1.54) is 25.3 Å². The summed E-state index contributed by atoms with van der Waals surface area (Å²) in [5.74, 6) is -0.643. The second kappa shape index (κ2) is 10.5. The van der Waals surface area contributed by atoms with Crippen LogP contribution < -0.4 is 5.32 Å². The topological polar surface area (TPSA) is 75.0 Å². The lowest BCUT2D eigenvalue weighted by Gasteiger charge is -2.33. The number of aryl methyl sites for hydroxylation is 1. The normalized spacial score (nSPS) is 23.8. The van der Waals surface area contributed by atoms with E-state index in [0.29, 0.717) is 21.1 Å². The van der Waals surface area contributed by atoms with Gasteiger partial charge in [0.15, 0.2) is 11.6 Å². The molecule has 194 valence electrons. The summed E-state index contributed by atoms with van der Waals surface area (Å²) in [7, 11) is 0. The Balaban J connectivity index is 1.41. The van der Waals surface area contributed by atoms with Gasteiger partial charge in [-0.15, -0.1) is 0 Å². The number of nitrogens with one attached hydrogen (secondary N) is 1. The second-order valence-corrected chi connectivity index (χ2v) is 8.79. The van der Waals surface area contributed by atoms with Gasteiger partial charge in [0.2, 0.25) is 5.95 Å². The van der Waals surface area contributed by atoms with Gasteiger partial charge in [-0.3, -0.25) is 4.90 Å². The van der Waals surface area contributed by atoms with Crippen molar-refractivity contribution in [3.05, 3.63) is 59.7 Å². The molecule has 1 aliphatic rings.